The average Bonchev–Trinajstić information content (AvgIpc) is 2.84. The van der Waals surface area contributed by atoms with Crippen molar-refractivity contribution in [1.29, 1.82) is 0 Å². The maximum Gasteiger partial charge on any atom is 0.234 e. The number of nitrogens with two attached hydrogens (primary N) is 1. The van der Waals surface area contributed by atoms with Gasteiger partial charge in [-0.1, -0.05) is 11.8 Å². The van der Waals surface area contributed by atoms with E-state index < -0.39 is 17.5 Å². The highest BCUT2D eigenvalue weighted by atomic mass is 32.2. The van der Waals surface area contributed by atoms with E-state index >= 15 is 0 Å². The minimum Gasteiger partial charge on any atom is -0.383 e. The van der Waals surface area contributed by atoms with Crippen LogP contribution in [0.2, 0.25) is 0 Å². The minimum atomic E-state index is -0.703. The molecule has 0 saturated heterocycles. The zero-order valence-corrected chi connectivity index (χ0v) is 15.0. The zero-order valence-electron chi connectivity index (χ0n) is 13.4. The van der Waals surface area contributed by atoms with Gasteiger partial charge in [0.2, 0.25) is 5.91 Å². The van der Waals surface area contributed by atoms with Crippen molar-refractivity contribution in [3.05, 3.63) is 40.3 Å². The number of amides is 1. The Morgan fingerprint density at radius 2 is 2.08 bits per heavy atom. The highest BCUT2D eigenvalue weighted by Gasteiger charge is 2.14. The molecule has 0 saturated carbocycles. The van der Waals surface area contributed by atoms with Gasteiger partial charge in [-0.25, -0.2) is 18.7 Å². The lowest BCUT2D eigenvalue weighted by Crippen LogP contribution is -2.15. The van der Waals surface area contributed by atoms with Crippen LogP contribution in [-0.4, -0.2) is 21.6 Å². The van der Waals surface area contributed by atoms with Crippen LogP contribution in [0.5, 0.6) is 0 Å². The second-order valence-corrected chi connectivity index (χ2v) is 7.46. The number of halogens is 2. The normalized spacial score (nSPS) is 11.0. The lowest BCUT2D eigenvalue weighted by Gasteiger charge is -2.06. The monoisotopic (exact) mass is 380 g/mol. The van der Waals surface area contributed by atoms with Crippen LogP contribution in [0.1, 0.15) is 10.4 Å². The number of nitrogen functional groups attached to an aromatic ring is 1. The molecule has 0 unspecified atom stereocenters. The summed E-state index contributed by atoms with van der Waals surface area (Å²) in [7, 11) is 0. The Morgan fingerprint density at radius 3 is 2.84 bits per heavy atom. The Bertz CT molecular complexity index is 974. The molecule has 2 aromatic heterocycles. The van der Waals surface area contributed by atoms with Crippen molar-refractivity contribution in [1.82, 2.24) is 9.97 Å². The predicted octanol–water partition coefficient (Wildman–Crippen LogP) is 3.90. The van der Waals surface area contributed by atoms with Gasteiger partial charge in [0.25, 0.3) is 0 Å². The van der Waals surface area contributed by atoms with Crippen molar-refractivity contribution < 1.29 is 13.6 Å². The van der Waals surface area contributed by atoms with Gasteiger partial charge in [-0.05, 0) is 31.5 Å². The number of aryl methyl sites for hydroxylation is 2. The Balaban J connectivity index is 1.72. The first-order chi connectivity index (χ1) is 11.8. The maximum absolute atomic E-state index is 13.5. The molecule has 5 nitrogen and oxygen atoms in total. The zero-order chi connectivity index (χ0) is 18.1. The Labute approximate surface area is 150 Å². The van der Waals surface area contributed by atoms with Gasteiger partial charge >= 0.3 is 0 Å². The summed E-state index contributed by atoms with van der Waals surface area (Å²) >= 11 is 2.59. The molecule has 25 heavy (non-hydrogen) atoms. The molecule has 3 rings (SSSR count). The highest BCUT2D eigenvalue weighted by Crippen LogP contribution is 2.33. The van der Waals surface area contributed by atoms with Crippen LogP contribution in [-0.2, 0) is 4.79 Å². The molecule has 0 atom stereocenters. The molecule has 0 spiro atoms. The first-order valence-electron chi connectivity index (χ1n) is 7.26. The summed E-state index contributed by atoms with van der Waals surface area (Å²) in [4.78, 5) is 22.4. The van der Waals surface area contributed by atoms with Crippen LogP contribution in [0.3, 0.4) is 0 Å². The Kier molecular flexibility index (Phi) is 4.87. The van der Waals surface area contributed by atoms with Gasteiger partial charge in [-0.2, -0.15) is 0 Å². The molecule has 0 bridgehead atoms. The summed E-state index contributed by atoms with van der Waals surface area (Å²) in [6.07, 6.45) is 0. The van der Waals surface area contributed by atoms with E-state index in [-0.39, 0.29) is 11.4 Å². The molecule has 2 heterocycles. The number of hydrogen-bond donors (Lipinski definition) is 2. The van der Waals surface area contributed by atoms with E-state index in [2.05, 4.69) is 15.3 Å². The number of thioether (sulfide) groups is 1. The topological polar surface area (TPSA) is 80.9 Å². The van der Waals surface area contributed by atoms with Crippen molar-refractivity contribution in [2.75, 3.05) is 16.8 Å². The van der Waals surface area contributed by atoms with Crippen LogP contribution in [0.15, 0.2) is 23.4 Å². The predicted molar refractivity (Wildman–Crippen MR) is 97.0 cm³/mol. The number of fused-ring (bicyclic) bond motifs is 1. The Morgan fingerprint density at radius 1 is 1.32 bits per heavy atom. The number of thiophene rings is 1. The third kappa shape index (κ3) is 3.72. The summed E-state index contributed by atoms with van der Waals surface area (Å²) in [6, 6.07) is 2.86. The quantitative estimate of drug-likeness (QED) is 0.530. The van der Waals surface area contributed by atoms with E-state index in [0.29, 0.717) is 11.0 Å². The van der Waals surface area contributed by atoms with E-state index in [1.54, 1.807) is 0 Å². The van der Waals surface area contributed by atoms with Crippen molar-refractivity contribution in [2.45, 2.75) is 19.0 Å². The summed E-state index contributed by atoms with van der Waals surface area (Å²) in [5.74, 6) is -1.51. The molecule has 0 aliphatic heterocycles. The molecule has 0 radical (unpaired) electrons. The summed E-state index contributed by atoms with van der Waals surface area (Å²) in [5.41, 5.74) is 6.83. The van der Waals surface area contributed by atoms with Crippen molar-refractivity contribution in [3.8, 4) is 0 Å². The van der Waals surface area contributed by atoms with Crippen LogP contribution in [0.25, 0.3) is 10.2 Å². The highest BCUT2D eigenvalue weighted by molar-refractivity contribution is 7.99. The van der Waals surface area contributed by atoms with Gasteiger partial charge < -0.3 is 11.1 Å². The third-order valence-corrected chi connectivity index (χ3v) is 5.52. The maximum atomic E-state index is 13.5. The molecule has 3 N–H and O–H groups in total. The molecule has 9 heteroatoms. The number of carbonyl (C=O) groups is 1. The summed E-state index contributed by atoms with van der Waals surface area (Å²) in [6.45, 7) is 3.94. The first kappa shape index (κ1) is 17.6. The minimum absolute atomic E-state index is 0.0513. The fraction of sp³-hybridized carbons (Fsp3) is 0.188. The van der Waals surface area contributed by atoms with Crippen LogP contribution >= 0.6 is 23.1 Å². The number of rotatable bonds is 4. The van der Waals surface area contributed by atoms with Gasteiger partial charge in [0.05, 0.1) is 16.8 Å². The van der Waals surface area contributed by atoms with Crippen molar-refractivity contribution in [2.24, 2.45) is 0 Å². The number of hydrogen-bond acceptors (Lipinski definition) is 6. The van der Waals surface area contributed by atoms with E-state index in [1.807, 2.05) is 13.8 Å². The number of aromatic nitrogens is 2. The van der Waals surface area contributed by atoms with Crippen LogP contribution in [0, 0.1) is 25.5 Å². The van der Waals surface area contributed by atoms with E-state index in [1.165, 1.54) is 11.3 Å². The SMILES string of the molecule is Cc1sc2nc(SCC(=O)Nc3cc(F)ccc3F)nc(N)c2c1C. The van der Waals surface area contributed by atoms with Crippen molar-refractivity contribution in [3.63, 3.8) is 0 Å². The molecule has 0 aliphatic carbocycles. The molecular weight excluding hydrogens is 366 g/mol. The smallest absolute Gasteiger partial charge is 0.234 e. The number of benzene rings is 1. The fourth-order valence-electron chi connectivity index (χ4n) is 2.23. The van der Waals surface area contributed by atoms with Crippen LogP contribution < -0.4 is 11.1 Å². The second kappa shape index (κ2) is 6.93. The molecule has 3 aromatic rings. The molecule has 1 aromatic carbocycles. The lowest BCUT2D eigenvalue weighted by molar-refractivity contribution is -0.113. The number of anilines is 2. The fourth-order valence-corrected chi connectivity index (χ4v) is 3.98. The largest absolute Gasteiger partial charge is 0.383 e. The summed E-state index contributed by atoms with van der Waals surface area (Å²) in [5, 5.41) is 3.52. The molecule has 1 amide bonds. The number of nitrogens with one attached hydrogen (secondary N) is 1. The van der Waals surface area contributed by atoms with E-state index in [9.17, 15) is 13.6 Å². The standard InChI is InChI=1S/C16H14F2N4OS2/c1-7-8(2)25-15-13(7)14(19)21-16(22-15)24-6-12(23)20-11-5-9(17)3-4-10(11)18/h3-5H,6H2,1-2H3,(H,20,23)(H2,19,21,22). The molecule has 130 valence electrons. The molecule has 0 aliphatic rings. The van der Waals surface area contributed by atoms with Gasteiger partial charge in [0, 0.05) is 10.9 Å². The second-order valence-electron chi connectivity index (χ2n) is 5.32. The molecule has 0 fully saturated rings. The summed E-state index contributed by atoms with van der Waals surface area (Å²) < 4.78 is 26.7. The number of nitrogens with zero attached hydrogens (tertiary/aromatic N) is 2. The van der Waals surface area contributed by atoms with E-state index in [4.69, 9.17) is 5.73 Å². The van der Waals surface area contributed by atoms with Gasteiger partial charge in [-0.3, -0.25) is 4.79 Å². The van der Waals surface area contributed by atoms with Crippen molar-refractivity contribution >= 4 is 50.7 Å². The van der Waals surface area contributed by atoms with E-state index in [0.717, 1.165) is 50.6 Å². The average molecular weight is 380 g/mol. The lowest BCUT2D eigenvalue weighted by atomic mass is 10.2. The van der Waals surface area contributed by atoms with Gasteiger partial charge in [0.15, 0.2) is 5.16 Å². The van der Waals surface area contributed by atoms with Gasteiger partial charge in [-0.15, -0.1) is 11.3 Å². The van der Waals surface area contributed by atoms with Gasteiger partial charge in [0.1, 0.15) is 22.3 Å². The first-order valence-corrected chi connectivity index (χ1v) is 9.06. The Hall–Kier alpha value is -2.26. The third-order valence-electron chi connectivity index (χ3n) is 3.57. The van der Waals surface area contributed by atoms with Crippen LogP contribution in [0.4, 0.5) is 20.3 Å². The number of carbonyl (C=O) groups excluding carboxylic acids is 1. The molecular formula is C16H14F2N4OS2.